The summed E-state index contributed by atoms with van der Waals surface area (Å²) in [6.07, 6.45) is 1.34. The molecule has 1 aromatic carbocycles. The van der Waals surface area contributed by atoms with Gasteiger partial charge >= 0.3 is 0 Å². The molecule has 0 aliphatic carbocycles. The maximum Gasteiger partial charge on any atom is 0.217 e. The van der Waals surface area contributed by atoms with Crippen molar-refractivity contribution in [2.75, 3.05) is 6.54 Å². The number of benzene rings is 1. The molecule has 0 aliphatic rings. The van der Waals surface area contributed by atoms with E-state index >= 15 is 0 Å². The molecular formula is C13H20N2O. The van der Waals surface area contributed by atoms with Gasteiger partial charge in [-0.25, -0.2) is 0 Å². The van der Waals surface area contributed by atoms with E-state index in [-0.39, 0.29) is 5.91 Å². The first-order valence-electron chi connectivity index (χ1n) is 5.71. The lowest BCUT2D eigenvalue weighted by Gasteiger charge is -2.11. The first-order valence-corrected chi connectivity index (χ1v) is 5.71. The highest BCUT2D eigenvalue weighted by Gasteiger charge is 2.03. The first kappa shape index (κ1) is 12.7. The van der Waals surface area contributed by atoms with Gasteiger partial charge in [-0.1, -0.05) is 37.3 Å². The van der Waals surface area contributed by atoms with E-state index in [9.17, 15) is 4.79 Å². The SMILES string of the molecule is CC(CCC(N)=O)CNCc1ccccc1. The van der Waals surface area contributed by atoms with Crippen molar-refractivity contribution in [2.24, 2.45) is 11.7 Å². The van der Waals surface area contributed by atoms with Gasteiger partial charge in [0, 0.05) is 13.0 Å². The van der Waals surface area contributed by atoms with E-state index in [0.29, 0.717) is 12.3 Å². The van der Waals surface area contributed by atoms with Crippen LogP contribution in [0.3, 0.4) is 0 Å². The van der Waals surface area contributed by atoms with Crippen molar-refractivity contribution < 1.29 is 4.79 Å². The summed E-state index contributed by atoms with van der Waals surface area (Å²) in [5.41, 5.74) is 6.38. The Morgan fingerprint density at radius 2 is 2.06 bits per heavy atom. The Balaban J connectivity index is 2.13. The third kappa shape index (κ3) is 5.51. The number of hydrogen-bond donors (Lipinski definition) is 2. The lowest BCUT2D eigenvalue weighted by molar-refractivity contribution is -0.118. The quantitative estimate of drug-likeness (QED) is 0.734. The van der Waals surface area contributed by atoms with Crippen molar-refractivity contribution in [1.29, 1.82) is 0 Å². The van der Waals surface area contributed by atoms with Gasteiger partial charge in [0.2, 0.25) is 5.91 Å². The minimum Gasteiger partial charge on any atom is -0.370 e. The number of hydrogen-bond acceptors (Lipinski definition) is 2. The topological polar surface area (TPSA) is 55.1 Å². The second kappa shape index (κ2) is 7.01. The fraction of sp³-hybridized carbons (Fsp3) is 0.462. The molecule has 1 amide bonds. The van der Waals surface area contributed by atoms with Gasteiger partial charge in [-0.3, -0.25) is 4.79 Å². The Bertz CT molecular complexity index is 311. The number of carbonyl (C=O) groups is 1. The molecule has 16 heavy (non-hydrogen) atoms. The van der Waals surface area contributed by atoms with E-state index in [2.05, 4.69) is 24.4 Å². The number of amides is 1. The molecule has 0 saturated carbocycles. The number of nitrogens with one attached hydrogen (secondary N) is 1. The molecule has 1 unspecified atom stereocenters. The minimum atomic E-state index is -0.213. The molecule has 0 aliphatic heterocycles. The summed E-state index contributed by atoms with van der Waals surface area (Å²) < 4.78 is 0. The zero-order valence-corrected chi connectivity index (χ0v) is 9.78. The van der Waals surface area contributed by atoms with E-state index in [1.54, 1.807) is 0 Å². The fourth-order valence-corrected chi connectivity index (χ4v) is 1.55. The standard InChI is InChI=1S/C13H20N2O/c1-11(7-8-13(14)16)9-15-10-12-5-3-2-4-6-12/h2-6,11,15H,7-10H2,1H3,(H2,14,16). The lowest BCUT2D eigenvalue weighted by atomic mass is 10.1. The molecule has 0 heterocycles. The average Bonchev–Trinajstić information content (AvgIpc) is 2.28. The summed E-state index contributed by atoms with van der Waals surface area (Å²) >= 11 is 0. The predicted molar refractivity (Wildman–Crippen MR) is 65.7 cm³/mol. The van der Waals surface area contributed by atoms with Crippen LogP contribution in [0.5, 0.6) is 0 Å². The monoisotopic (exact) mass is 220 g/mol. The maximum absolute atomic E-state index is 10.6. The molecule has 1 atom stereocenters. The smallest absolute Gasteiger partial charge is 0.217 e. The summed E-state index contributed by atoms with van der Waals surface area (Å²) in [7, 11) is 0. The van der Waals surface area contributed by atoms with Gasteiger partial charge in [0.1, 0.15) is 0 Å². The summed E-state index contributed by atoms with van der Waals surface area (Å²) in [5.74, 6) is 0.270. The van der Waals surface area contributed by atoms with Crippen LogP contribution in [-0.4, -0.2) is 12.5 Å². The largest absolute Gasteiger partial charge is 0.370 e. The van der Waals surface area contributed by atoms with Crippen molar-refractivity contribution in [1.82, 2.24) is 5.32 Å². The number of primary amides is 1. The van der Waals surface area contributed by atoms with Crippen LogP contribution >= 0.6 is 0 Å². The molecule has 0 aromatic heterocycles. The number of rotatable bonds is 7. The molecule has 0 radical (unpaired) electrons. The summed E-state index contributed by atoms with van der Waals surface area (Å²) in [4.78, 5) is 10.6. The average molecular weight is 220 g/mol. The molecule has 0 bridgehead atoms. The Labute approximate surface area is 97.0 Å². The zero-order chi connectivity index (χ0) is 11.8. The van der Waals surface area contributed by atoms with E-state index in [0.717, 1.165) is 19.5 Å². The first-order chi connectivity index (χ1) is 7.68. The second-order valence-electron chi connectivity index (χ2n) is 4.23. The molecule has 0 saturated heterocycles. The highest BCUT2D eigenvalue weighted by atomic mass is 16.1. The Kier molecular flexibility index (Phi) is 5.57. The van der Waals surface area contributed by atoms with Crippen LogP contribution in [0.4, 0.5) is 0 Å². The number of nitrogens with two attached hydrogens (primary N) is 1. The van der Waals surface area contributed by atoms with E-state index in [1.165, 1.54) is 5.56 Å². The van der Waals surface area contributed by atoms with Crippen molar-refractivity contribution in [3.8, 4) is 0 Å². The van der Waals surface area contributed by atoms with E-state index in [4.69, 9.17) is 5.73 Å². The third-order valence-corrected chi connectivity index (χ3v) is 2.55. The van der Waals surface area contributed by atoms with Crippen LogP contribution in [-0.2, 0) is 11.3 Å². The van der Waals surface area contributed by atoms with Crippen molar-refractivity contribution in [3.05, 3.63) is 35.9 Å². The van der Waals surface area contributed by atoms with Crippen molar-refractivity contribution >= 4 is 5.91 Å². The Hall–Kier alpha value is -1.35. The van der Waals surface area contributed by atoms with Gasteiger partial charge < -0.3 is 11.1 Å². The van der Waals surface area contributed by atoms with Crippen molar-refractivity contribution in [3.63, 3.8) is 0 Å². The second-order valence-corrected chi connectivity index (χ2v) is 4.23. The molecule has 1 aromatic rings. The normalized spacial score (nSPS) is 12.3. The molecular weight excluding hydrogens is 200 g/mol. The number of carbonyl (C=O) groups excluding carboxylic acids is 1. The van der Waals surface area contributed by atoms with Gasteiger partial charge in [0.25, 0.3) is 0 Å². The molecule has 1 rings (SSSR count). The summed E-state index contributed by atoms with van der Waals surface area (Å²) in [6, 6.07) is 10.3. The fourth-order valence-electron chi connectivity index (χ4n) is 1.55. The van der Waals surface area contributed by atoms with Gasteiger partial charge in [0.15, 0.2) is 0 Å². The van der Waals surface area contributed by atoms with Crippen LogP contribution < -0.4 is 11.1 Å². The molecule has 3 N–H and O–H groups in total. The highest BCUT2D eigenvalue weighted by molar-refractivity contribution is 5.73. The van der Waals surface area contributed by atoms with Crippen LogP contribution in [0.25, 0.3) is 0 Å². The third-order valence-electron chi connectivity index (χ3n) is 2.55. The van der Waals surface area contributed by atoms with Gasteiger partial charge in [-0.05, 0) is 24.4 Å². The Morgan fingerprint density at radius 1 is 1.38 bits per heavy atom. The maximum atomic E-state index is 10.6. The molecule has 3 nitrogen and oxygen atoms in total. The Morgan fingerprint density at radius 3 is 2.69 bits per heavy atom. The zero-order valence-electron chi connectivity index (χ0n) is 9.78. The van der Waals surface area contributed by atoms with Gasteiger partial charge in [-0.2, -0.15) is 0 Å². The summed E-state index contributed by atoms with van der Waals surface area (Å²) in [5, 5.41) is 3.37. The predicted octanol–water partition coefficient (Wildman–Crippen LogP) is 1.68. The van der Waals surface area contributed by atoms with Crippen LogP contribution in [0.2, 0.25) is 0 Å². The van der Waals surface area contributed by atoms with Crippen LogP contribution in [0, 0.1) is 5.92 Å². The molecule has 0 fully saturated rings. The van der Waals surface area contributed by atoms with E-state index < -0.39 is 0 Å². The molecule has 88 valence electrons. The van der Waals surface area contributed by atoms with Crippen LogP contribution in [0.1, 0.15) is 25.3 Å². The van der Waals surface area contributed by atoms with Gasteiger partial charge in [0.05, 0.1) is 0 Å². The lowest BCUT2D eigenvalue weighted by Crippen LogP contribution is -2.22. The van der Waals surface area contributed by atoms with E-state index in [1.807, 2.05) is 18.2 Å². The molecule has 0 spiro atoms. The van der Waals surface area contributed by atoms with Gasteiger partial charge in [-0.15, -0.1) is 0 Å². The van der Waals surface area contributed by atoms with Crippen LogP contribution in [0.15, 0.2) is 30.3 Å². The minimum absolute atomic E-state index is 0.213. The van der Waals surface area contributed by atoms with Crippen molar-refractivity contribution in [2.45, 2.75) is 26.3 Å². The summed E-state index contributed by atoms with van der Waals surface area (Å²) in [6.45, 7) is 3.92. The highest BCUT2D eigenvalue weighted by Crippen LogP contribution is 2.04. The molecule has 3 heteroatoms.